The molecule has 0 amide bonds. The van der Waals surface area contributed by atoms with Gasteiger partial charge in [-0.3, -0.25) is 0 Å². The van der Waals surface area contributed by atoms with Gasteiger partial charge in [-0.25, -0.2) is 15.0 Å². The van der Waals surface area contributed by atoms with Gasteiger partial charge in [0.15, 0.2) is 5.96 Å². The van der Waals surface area contributed by atoms with E-state index in [0.29, 0.717) is 13.1 Å². The van der Waals surface area contributed by atoms with Gasteiger partial charge in [-0.15, -0.1) is 35.3 Å². The summed E-state index contributed by atoms with van der Waals surface area (Å²) in [6.45, 7) is 6.18. The number of aromatic nitrogens is 3. The average Bonchev–Trinajstić information content (AvgIpc) is 3.28. The third kappa shape index (κ3) is 6.03. The zero-order valence-corrected chi connectivity index (χ0v) is 18.9. The molecule has 0 aliphatic rings. The summed E-state index contributed by atoms with van der Waals surface area (Å²) in [5.41, 5.74) is 2.16. The van der Waals surface area contributed by atoms with Gasteiger partial charge < -0.3 is 15.2 Å². The van der Waals surface area contributed by atoms with Crippen LogP contribution in [0.2, 0.25) is 0 Å². The number of hydrogen-bond donors (Lipinski definition) is 2. The lowest BCUT2D eigenvalue weighted by Crippen LogP contribution is -2.38. The van der Waals surface area contributed by atoms with E-state index < -0.39 is 0 Å². The van der Waals surface area contributed by atoms with Gasteiger partial charge in [0.05, 0.1) is 30.0 Å². The Morgan fingerprint density at radius 2 is 2.00 bits per heavy atom. The van der Waals surface area contributed by atoms with Gasteiger partial charge in [0.1, 0.15) is 5.82 Å². The van der Waals surface area contributed by atoms with Crippen LogP contribution in [0.3, 0.4) is 0 Å². The summed E-state index contributed by atoms with van der Waals surface area (Å²) < 4.78 is 0. The van der Waals surface area contributed by atoms with Crippen LogP contribution < -0.4 is 5.32 Å². The molecule has 3 rings (SSSR count). The van der Waals surface area contributed by atoms with E-state index in [9.17, 15) is 0 Å². The van der Waals surface area contributed by atoms with E-state index in [0.717, 1.165) is 39.5 Å². The number of halogens is 1. The van der Waals surface area contributed by atoms with Crippen molar-refractivity contribution in [3.63, 3.8) is 0 Å². The lowest BCUT2D eigenvalue weighted by atomic mass is 10.2. The lowest BCUT2D eigenvalue weighted by molar-refractivity contribution is 0.464. The van der Waals surface area contributed by atoms with Crippen molar-refractivity contribution in [3.05, 3.63) is 58.4 Å². The molecule has 2 N–H and O–H groups in total. The van der Waals surface area contributed by atoms with Crippen molar-refractivity contribution < 1.29 is 0 Å². The summed E-state index contributed by atoms with van der Waals surface area (Å²) in [4.78, 5) is 20.1. The Kier molecular flexibility index (Phi) is 8.23. The van der Waals surface area contributed by atoms with Crippen molar-refractivity contribution in [2.45, 2.75) is 26.9 Å². The maximum absolute atomic E-state index is 4.72. The predicted octanol–water partition coefficient (Wildman–Crippen LogP) is 4.06. The Labute approximate surface area is 181 Å². The number of H-pyrrole nitrogens is 1. The van der Waals surface area contributed by atoms with Gasteiger partial charge in [0.2, 0.25) is 0 Å². The zero-order valence-electron chi connectivity index (χ0n) is 15.8. The average molecular weight is 496 g/mol. The van der Waals surface area contributed by atoms with E-state index in [1.54, 1.807) is 11.3 Å². The molecule has 0 aliphatic heterocycles. The Balaban J connectivity index is 0.00000261. The molecular weight excluding hydrogens is 471 g/mol. The number of aryl methyl sites for hydroxylation is 1. The maximum atomic E-state index is 4.72. The van der Waals surface area contributed by atoms with Crippen LogP contribution in [-0.2, 0) is 13.1 Å². The number of guanidine groups is 1. The van der Waals surface area contributed by atoms with Gasteiger partial charge in [-0.05, 0) is 19.4 Å². The van der Waals surface area contributed by atoms with Crippen LogP contribution in [0, 0.1) is 6.92 Å². The molecule has 0 fully saturated rings. The van der Waals surface area contributed by atoms with Crippen LogP contribution >= 0.6 is 35.3 Å². The molecule has 0 unspecified atom stereocenters. The highest BCUT2D eigenvalue weighted by Crippen LogP contribution is 2.17. The number of nitrogens with one attached hydrogen (secondary N) is 2. The Morgan fingerprint density at radius 3 is 2.67 bits per heavy atom. The summed E-state index contributed by atoms with van der Waals surface area (Å²) in [5, 5.41) is 4.40. The topological polar surface area (TPSA) is 69.2 Å². The molecule has 1 aromatic carbocycles. The first kappa shape index (κ1) is 21.4. The number of nitrogens with zero attached hydrogens (tertiary/aromatic N) is 4. The Hall–Kier alpha value is -1.94. The van der Waals surface area contributed by atoms with Crippen molar-refractivity contribution in [1.29, 1.82) is 0 Å². The van der Waals surface area contributed by atoms with Crippen molar-refractivity contribution >= 4 is 41.3 Å². The molecule has 0 radical (unpaired) electrons. The molecule has 0 saturated heterocycles. The molecule has 0 atom stereocenters. The van der Waals surface area contributed by atoms with E-state index in [2.05, 4.69) is 44.2 Å². The molecule has 0 bridgehead atoms. The minimum atomic E-state index is 0. The van der Waals surface area contributed by atoms with E-state index >= 15 is 0 Å². The SMILES string of the molecule is CCNC(=NCc1cnc(C)s1)N(C)Cc1ncc(-c2ccccc2)[nH]1.I. The predicted molar refractivity (Wildman–Crippen MR) is 123 cm³/mol. The fourth-order valence-electron chi connectivity index (χ4n) is 2.61. The van der Waals surface area contributed by atoms with Crippen LogP contribution in [0.1, 0.15) is 22.6 Å². The molecule has 0 spiro atoms. The summed E-state index contributed by atoms with van der Waals surface area (Å²) in [7, 11) is 2.02. The minimum absolute atomic E-state index is 0. The first-order valence-electron chi connectivity index (χ1n) is 8.65. The summed E-state index contributed by atoms with van der Waals surface area (Å²) >= 11 is 1.68. The van der Waals surface area contributed by atoms with Crippen LogP contribution in [-0.4, -0.2) is 39.4 Å². The number of benzene rings is 1. The highest BCUT2D eigenvalue weighted by atomic mass is 127. The van der Waals surface area contributed by atoms with Crippen molar-refractivity contribution in [1.82, 2.24) is 25.2 Å². The number of aromatic amines is 1. The second-order valence-electron chi connectivity index (χ2n) is 5.98. The summed E-state index contributed by atoms with van der Waals surface area (Å²) in [6.07, 6.45) is 3.77. The van der Waals surface area contributed by atoms with E-state index in [1.165, 1.54) is 0 Å². The van der Waals surface area contributed by atoms with Crippen LogP contribution in [0.25, 0.3) is 11.3 Å². The highest BCUT2D eigenvalue weighted by molar-refractivity contribution is 14.0. The number of imidazole rings is 1. The first-order chi connectivity index (χ1) is 12.7. The van der Waals surface area contributed by atoms with Gasteiger partial charge in [-0.1, -0.05) is 30.3 Å². The second-order valence-corrected chi connectivity index (χ2v) is 7.30. The Morgan fingerprint density at radius 1 is 1.22 bits per heavy atom. The Bertz CT molecular complexity index is 858. The number of rotatable bonds is 6. The molecule has 6 nitrogen and oxygen atoms in total. The lowest BCUT2D eigenvalue weighted by Gasteiger charge is -2.20. The fourth-order valence-corrected chi connectivity index (χ4v) is 3.33. The molecule has 0 aliphatic carbocycles. The maximum Gasteiger partial charge on any atom is 0.194 e. The van der Waals surface area contributed by atoms with Gasteiger partial charge in [-0.2, -0.15) is 0 Å². The van der Waals surface area contributed by atoms with Gasteiger partial charge in [0.25, 0.3) is 0 Å². The largest absolute Gasteiger partial charge is 0.357 e. The molecule has 0 saturated carbocycles. The quantitative estimate of drug-likeness (QED) is 0.307. The standard InChI is InChI=1S/C19H24N6S.HI/c1-4-20-19(23-11-16-10-21-14(2)26-16)25(3)13-18-22-12-17(24-18)15-8-6-5-7-9-15;/h5-10,12H,4,11,13H2,1-3H3,(H,20,23)(H,22,24);1H. The number of thiazole rings is 1. The third-order valence-electron chi connectivity index (χ3n) is 3.85. The summed E-state index contributed by atoms with van der Waals surface area (Å²) in [6, 6.07) is 10.2. The van der Waals surface area contributed by atoms with E-state index in [4.69, 9.17) is 4.99 Å². The zero-order chi connectivity index (χ0) is 18.4. The minimum Gasteiger partial charge on any atom is -0.357 e. The molecular formula is C19H25IN6S. The third-order valence-corrected chi connectivity index (χ3v) is 4.75. The monoisotopic (exact) mass is 496 g/mol. The van der Waals surface area contributed by atoms with Crippen molar-refractivity contribution in [3.8, 4) is 11.3 Å². The fraction of sp³-hybridized carbons (Fsp3) is 0.316. The smallest absolute Gasteiger partial charge is 0.194 e. The molecule has 144 valence electrons. The normalized spacial score (nSPS) is 11.1. The van der Waals surface area contributed by atoms with Crippen LogP contribution in [0.15, 0.2) is 47.7 Å². The van der Waals surface area contributed by atoms with Crippen molar-refractivity contribution in [2.75, 3.05) is 13.6 Å². The molecule has 2 heterocycles. The molecule has 2 aromatic heterocycles. The van der Waals surface area contributed by atoms with E-state index in [-0.39, 0.29) is 24.0 Å². The van der Waals surface area contributed by atoms with E-state index in [1.807, 2.05) is 44.6 Å². The number of aliphatic imine (C=N–C) groups is 1. The van der Waals surface area contributed by atoms with Crippen LogP contribution in [0.5, 0.6) is 0 Å². The molecule has 27 heavy (non-hydrogen) atoms. The summed E-state index contributed by atoms with van der Waals surface area (Å²) in [5.74, 6) is 1.77. The second kappa shape index (κ2) is 10.4. The number of hydrogen-bond acceptors (Lipinski definition) is 4. The highest BCUT2D eigenvalue weighted by Gasteiger charge is 2.10. The van der Waals surface area contributed by atoms with Gasteiger partial charge >= 0.3 is 0 Å². The molecule has 3 aromatic rings. The molecule has 8 heteroatoms. The van der Waals surface area contributed by atoms with Crippen LogP contribution in [0.4, 0.5) is 0 Å². The van der Waals surface area contributed by atoms with Gasteiger partial charge in [0, 0.05) is 24.7 Å². The first-order valence-corrected chi connectivity index (χ1v) is 9.47. The van der Waals surface area contributed by atoms with Crippen molar-refractivity contribution in [2.24, 2.45) is 4.99 Å².